The second kappa shape index (κ2) is 8.17. The van der Waals surface area contributed by atoms with Crippen molar-refractivity contribution in [3.8, 4) is 0 Å². The molecule has 8 nitrogen and oxygen atoms in total. The third-order valence-corrected chi connectivity index (χ3v) is 7.31. The average molecular weight is 473 g/mol. The minimum Gasteiger partial charge on any atom is -0.277 e. The Balaban J connectivity index is 1.62. The van der Waals surface area contributed by atoms with Crippen LogP contribution in [-0.4, -0.2) is 24.0 Å². The first-order valence-electron chi connectivity index (χ1n) is 9.33. The van der Waals surface area contributed by atoms with Crippen LogP contribution in [0.25, 0.3) is 10.2 Å². The average Bonchev–Trinajstić information content (AvgIpc) is 3.06. The van der Waals surface area contributed by atoms with E-state index < -0.39 is 27.3 Å². The van der Waals surface area contributed by atoms with E-state index in [1.54, 1.807) is 6.92 Å². The van der Waals surface area contributed by atoms with E-state index in [1.807, 2.05) is 6.92 Å². The number of para-hydroxylation sites is 1. The molecule has 2 N–H and O–H groups in total. The summed E-state index contributed by atoms with van der Waals surface area (Å²) in [4.78, 5) is 31.0. The Bertz CT molecular complexity index is 1530. The summed E-state index contributed by atoms with van der Waals surface area (Å²) in [6.07, 6.45) is 1.21. The van der Waals surface area contributed by atoms with Gasteiger partial charge in [-0.05, 0) is 49.7 Å². The van der Waals surface area contributed by atoms with E-state index in [1.165, 1.54) is 54.1 Å². The zero-order chi connectivity index (χ0) is 23.0. The summed E-state index contributed by atoms with van der Waals surface area (Å²) in [6.45, 7) is 3.69. The molecule has 0 saturated heterocycles. The van der Waals surface area contributed by atoms with Gasteiger partial charge in [0.2, 0.25) is 0 Å². The van der Waals surface area contributed by atoms with Crippen molar-refractivity contribution >= 4 is 43.2 Å². The number of amides is 1. The van der Waals surface area contributed by atoms with Gasteiger partial charge in [0, 0.05) is 10.4 Å². The molecule has 0 radical (unpaired) electrons. The Hall–Kier alpha value is -3.57. The lowest BCUT2D eigenvalue weighted by Crippen LogP contribution is -2.33. The van der Waals surface area contributed by atoms with Crippen LogP contribution in [0.2, 0.25) is 0 Å². The number of anilines is 1. The van der Waals surface area contributed by atoms with Crippen molar-refractivity contribution < 1.29 is 17.6 Å². The number of fused-ring (bicyclic) bond motifs is 1. The van der Waals surface area contributed by atoms with Crippen LogP contribution in [-0.2, 0) is 10.0 Å². The van der Waals surface area contributed by atoms with Crippen molar-refractivity contribution in [3.05, 3.63) is 87.0 Å². The molecule has 0 aliphatic heterocycles. The van der Waals surface area contributed by atoms with Gasteiger partial charge in [-0.1, -0.05) is 18.2 Å². The molecule has 0 aliphatic carbocycles. The Morgan fingerprint density at radius 1 is 1.12 bits per heavy atom. The van der Waals surface area contributed by atoms with E-state index in [-0.39, 0.29) is 16.1 Å². The lowest BCUT2D eigenvalue weighted by Gasteiger charge is -2.11. The van der Waals surface area contributed by atoms with Crippen LogP contribution in [0.4, 0.5) is 10.1 Å². The molecule has 0 aliphatic rings. The molecular formula is C21H17FN4O4S2. The number of nitrogens with one attached hydrogen (secondary N) is 2. The monoisotopic (exact) mass is 472 g/mol. The lowest BCUT2D eigenvalue weighted by molar-refractivity contribution is 0.101. The van der Waals surface area contributed by atoms with Crippen LogP contribution in [0.15, 0.2) is 64.5 Å². The molecule has 2 heterocycles. The molecule has 0 unspecified atom stereocenters. The van der Waals surface area contributed by atoms with Gasteiger partial charge in [-0.3, -0.25) is 19.7 Å². The maximum Gasteiger partial charge on any atom is 0.281 e. The number of nitrogens with zero attached hydrogens (tertiary/aromatic N) is 2. The van der Waals surface area contributed by atoms with E-state index in [0.29, 0.717) is 10.2 Å². The molecule has 164 valence electrons. The van der Waals surface area contributed by atoms with Crippen molar-refractivity contribution in [1.82, 2.24) is 9.66 Å². The first-order chi connectivity index (χ1) is 15.2. The van der Waals surface area contributed by atoms with Crippen LogP contribution in [0.5, 0.6) is 0 Å². The van der Waals surface area contributed by atoms with E-state index in [4.69, 9.17) is 0 Å². The van der Waals surface area contributed by atoms with Crippen molar-refractivity contribution in [1.29, 1.82) is 0 Å². The molecule has 1 amide bonds. The molecule has 4 rings (SSSR count). The highest BCUT2D eigenvalue weighted by molar-refractivity contribution is 7.92. The molecule has 11 heteroatoms. The standard InChI is InChI=1S/C21H17FN4O4S2/c1-12-13(2)31-20-18(12)21(28)26(11-23-20)24-19(27)14-6-5-7-15(10-14)32(29,30)25-17-9-4-3-8-16(17)22/h3-11,25H,1-2H3,(H,24,27). The van der Waals surface area contributed by atoms with Gasteiger partial charge < -0.3 is 0 Å². The van der Waals surface area contributed by atoms with Gasteiger partial charge in [0.1, 0.15) is 17.0 Å². The first kappa shape index (κ1) is 21.7. The van der Waals surface area contributed by atoms with Gasteiger partial charge >= 0.3 is 0 Å². The number of carbonyl (C=O) groups is 1. The Morgan fingerprint density at radius 2 is 1.88 bits per heavy atom. The maximum absolute atomic E-state index is 13.8. The molecule has 32 heavy (non-hydrogen) atoms. The molecule has 0 saturated carbocycles. The first-order valence-corrected chi connectivity index (χ1v) is 11.6. The second-order valence-corrected chi connectivity index (χ2v) is 9.82. The van der Waals surface area contributed by atoms with E-state index in [2.05, 4.69) is 15.1 Å². The fourth-order valence-corrected chi connectivity index (χ4v) is 5.14. The number of rotatable bonds is 5. The van der Waals surface area contributed by atoms with Gasteiger partial charge in [0.05, 0.1) is 16.0 Å². The largest absolute Gasteiger partial charge is 0.281 e. The highest BCUT2D eigenvalue weighted by Crippen LogP contribution is 2.25. The predicted molar refractivity (Wildman–Crippen MR) is 121 cm³/mol. The molecule has 0 atom stereocenters. The van der Waals surface area contributed by atoms with Crippen LogP contribution in [0.3, 0.4) is 0 Å². The fraction of sp³-hybridized carbons (Fsp3) is 0.0952. The Kier molecular flexibility index (Phi) is 5.53. The summed E-state index contributed by atoms with van der Waals surface area (Å²) in [5, 5.41) is 0.417. The predicted octanol–water partition coefficient (Wildman–Crippen LogP) is 3.40. The number of benzene rings is 2. The van der Waals surface area contributed by atoms with Crippen LogP contribution >= 0.6 is 11.3 Å². The Morgan fingerprint density at radius 3 is 2.62 bits per heavy atom. The fourth-order valence-electron chi connectivity index (χ4n) is 3.04. The normalized spacial score (nSPS) is 11.5. The number of hydrogen-bond acceptors (Lipinski definition) is 6. The third kappa shape index (κ3) is 3.99. The number of halogens is 1. The minimum atomic E-state index is -4.15. The van der Waals surface area contributed by atoms with Crippen LogP contribution < -0.4 is 15.7 Å². The molecule has 0 fully saturated rings. The van der Waals surface area contributed by atoms with Crippen molar-refractivity contribution in [2.75, 3.05) is 10.1 Å². The summed E-state index contributed by atoms with van der Waals surface area (Å²) in [7, 11) is -4.15. The zero-order valence-corrected chi connectivity index (χ0v) is 18.6. The number of carbonyl (C=O) groups excluding carboxylic acids is 1. The molecular weight excluding hydrogens is 455 g/mol. The highest BCUT2D eigenvalue weighted by Gasteiger charge is 2.19. The molecule has 2 aromatic heterocycles. The second-order valence-electron chi connectivity index (χ2n) is 6.94. The molecule has 2 aromatic carbocycles. The van der Waals surface area contributed by atoms with Gasteiger partial charge in [0.15, 0.2) is 0 Å². The summed E-state index contributed by atoms with van der Waals surface area (Å²) in [5.74, 6) is -1.44. The van der Waals surface area contributed by atoms with E-state index >= 15 is 0 Å². The van der Waals surface area contributed by atoms with Gasteiger partial charge in [-0.15, -0.1) is 11.3 Å². The van der Waals surface area contributed by atoms with Gasteiger partial charge in [-0.25, -0.2) is 22.5 Å². The van der Waals surface area contributed by atoms with Crippen molar-refractivity contribution in [2.45, 2.75) is 18.7 Å². The van der Waals surface area contributed by atoms with Crippen molar-refractivity contribution in [3.63, 3.8) is 0 Å². The van der Waals surface area contributed by atoms with Gasteiger partial charge in [0.25, 0.3) is 21.5 Å². The number of hydrogen-bond donors (Lipinski definition) is 2. The molecule has 0 bridgehead atoms. The number of aromatic nitrogens is 2. The minimum absolute atomic E-state index is 0.00775. The highest BCUT2D eigenvalue weighted by atomic mass is 32.2. The smallest absolute Gasteiger partial charge is 0.277 e. The van der Waals surface area contributed by atoms with Crippen LogP contribution in [0, 0.1) is 19.7 Å². The summed E-state index contributed by atoms with van der Waals surface area (Å²) in [5.41, 5.74) is 2.56. The zero-order valence-electron chi connectivity index (χ0n) is 16.9. The van der Waals surface area contributed by atoms with Gasteiger partial charge in [-0.2, -0.15) is 0 Å². The lowest BCUT2D eigenvalue weighted by atomic mass is 10.2. The Labute approximate surface area is 186 Å². The summed E-state index contributed by atoms with van der Waals surface area (Å²) < 4.78 is 42.3. The molecule has 4 aromatic rings. The topological polar surface area (TPSA) is 110 Å². The SMILES string of the molecule is Cc1sc2ncn(NC(=O)c3cccc(S(=O)(=O)Nc4ccccc4F)c3)c(=O)c2c1C. The summed E-state index contributed by atoms with van der Waals surface area (Å²) >= 11 is 1.39. The quantitative estimate of drug-likeness (QED) is 0.463. The third-order valence-electron chi connectivity index (χ3n) is 4.84. The summed E-state index contributed by atoms with van der Waals surface area (Å²) in [6, 6.07) is 10.5. The number of thiophene rings is 1. The van der Waals surface area contributed by atoms with E-state index in [9.17, 15) is 22.4 Å². The maximum atomic E-state index is 13.8. The van der Waals surface area contributed by atoms with Crippen LogP contribution in [0.1, 0.15) is 20.8 Å². The van der Waals surface area contributed by atoms with E-state index in [0.717, 1.165) is 27.2 Å². The number of aryl methyl sites for hydroxylation is 2. The van der Waals surface area contributed by atoms with Crippen molar-refractivity contribution in [2.24, 2.45) is 0 Å². The number of sulfonamides is 1. The molecule has 0 spiro atoms.